The van der Waals surface area contributed by atoms with Crippen LogP contribution in [0.5, 0.6) is 0 Å². The molecule has 2 aromatic carbocycles. The molecule has 6 unspecified atom stereocenters. The van der Waals surface area contributed by atoms with E-state index in [1.807, 2.05) is 0 Å². The summed E-state index contributed by atoms with van der Waals surface area (Å²) < 4.78 is 0. The van der Waals surface area contributed by atoms with Crippen molar-refractivity contribution >= 4 is 0 Å². The lowest BCUT2D eigenvalue weighted by Gasteiger charge is -2.43. The Bertz CT molecular complexity index is 1480. The number of fused-ring (bicyclic) bond motifs is 3. The number of hydrogen-bond acceptors (Lipinski definition) is 2. The second kappa shape index (κ2) is 10.3. The fourth-order valence-corrected chi connectivity index (χ4v) is 7.05. The van der Waals surface area contributed by atoms with E-state index in [0.717, 1.165) is 46.7 Å². The molecule has 2 heteroatoms. The molecule has 39 heavy (non-hydrogen) atoms. The van der Waals surface area contributed by atoms with Gasteiger partial charge in [-0.15, -0.1) is 0 Å². The number of hydrogen-bond donors (Lipinski definition) is 0. The van der Waals surface area contributed by atoms with Crippen LogP contribution in [0.4, 0.5) is 0 Å². The molecule has 0 saturated heterocycles. The van der Waals surface area contributed by atoms with Gasteiger partial charge in [-0.2, -0.15) is 0 Å². The van der Waals surface area contributed by atoms with E-state index in [9.17, 15) is 0 Å². The van der Waals surface area contributed by atoms with Crippen LogP contribution in [0, 0.1) is 36.5 Å². The van der Waals surface area contributed by atoms with Crippen molar-refractivity contribution < 1.29 is 0 Å². The molecular weight excluding hydrogens is 472 g/mol. The zero-order chi connectivity index (χ0) is 26.2. The van der Waals surface area contributed by atoms with Gasteiger partial charge in [0, 0.05) is 28.5 Å². The Labute approximate surface area is 231 Å². The van der Waals surface area contributed by atoms with E-state index in [-0.39, 0.29) is 5.92 Å². The van der Waals surface area contributed by atoms with Gasteiger partial charge in [0.25, 0.3) is 0 Å². The molecule has 0 spiro atoms. The summed E-state index contributed by atoms with van der Waals surface area (Å²) in [5.41, 5.74) is 7.00. The highest BCUT2D eigenvalue weighted by Crippen LogP contribution is 2.48. The van der Waals surface area contributed by atoms with Crippen LogP contribution in [0.25, 0.3) is 22.5 Å². The summed E-state index contributed by atoms with van der Waals surface area (Å²) in [6.45, 7) is 2.16. The highest BCUT2D eigenvalue weighted by atomic mass is 14.9. The molecule has 0 radical (unpaired) electrons. The standard InChI is InChI=1S/C37H34N2/c1-25-35(27-12-4-2-5-13-27)38-37(39-36(25)28-14-6-3-7-15-28)29-22-20-26(21-23-29)34-24-30-16-8-9-17-31(30)32-18-10-11-19-33(32)34/h2-20,22,24,26,29,31-34H,21,23H2,1H3. The molecule has 2 nitrogen and oxygen atoms in total. The number of nitrogens with zero attached hydrogens (tertiary/aromatic N) is 2. The Morgan fingerprint density at radius 3 is 1.90 bits per heavy atom. The van der Waals surface area contributed by atoms with Gasteiger partial charge in [-0.05, 0) is 49.0 Å². The van der Waals surface area contributed by atoms with E-state index >= 15 is 0 Å². The average molecular weight is 507 g/mol. The fourth-order valence-electron chi connectivity index (χ4n) is 7.05. The largest absolute Gasteiger partial charge is 0.232 e. The molecule has 4 aliphatic carbocycles. The van der Waals surface area contributed by atoms with E-state index in [4.69, 9.17) is 9.97 Å². The van der Waals surface area contributed by atoms with Gasteiger partial charge < -0.3 is 0 Å². The van der Waals surface area contributed by atoms with Crippen LogP contribution >= 0.6 is 0 Å². The van der Waals surface area contributed by atoms with Crippen molar-refractivity contribution in [2.24, 2.45) is 29.6 Å². The predicted molar refractivity (Wildman–Crippen MR) is 161 cm³/mol. The van der Waals surface area contributed by atoms with Crippen LogP contribution < -0.4 is 0 Å². The van der Waals surface area contributed by atoms with E-state index in [2.05, 4.69) is 134 Å². The summed E-state index contributed by atoms with van der Waals surface area (Å²) in [6, 6.07) is 21.1. The van der Waals surface area contributed by atoms with E-state index in [1.54, 1.807) is 0 Å². The SMILES string of the molecule is Cc1c(-c2ccccc2)nc(C2C=CC(C3C=C4C=CC=CC4C4C=CC=CC34)CC2)nc1-c1ccccc1. The zero-order valence-corrected chi connectivity index (χ0v) is 22.4. The van der Waals surface area contributed by atoms with E-state index < -0.39 is 0 Å². The Hall–Kier alpha value is -4.04. The molecule has 4 aliphatic rings. The van der Waals surface area contributed by atoms with Crippen molar-refractivity contribution in [3.8, 4) is 22.5 Å². The third kappa shape index (κ3) is 4.48. The summed E-state index contributed by atoms with van der Waals surface area (Å²) in [5.74, 6) is 3.83. The molecule has 0 bridgehead atoms. The maximum atomic E-state index is 5.20. The third-order valence-corrected chi connectivity index (χ3v) is 9.05. The molecule has 1 aromatic heterocycles. The fraction of sp³-hybridized carbons (Fsp3) is 0.243. The first kappa shape index (κ1) is 24.0. The molecule has 0 amide bonds. The van der Waals surface area contributed by atoms with Gasteiger partial charge in [-0.1, -0.05) is 127 Å². The van der Waals surface area contributed by atoms with Crippen molar-refractivity contribution in [3.63, 3.8) is 0 Å². The third-order valence-electron chi connectivity index (χ3n) is 9.05. The number of benzene rings is 2. The first-order valence-electron chi connectivity index (χ1n) is 14.4. The van der Waals surface area contributed by atoms with Crippen molar-refractivity contribution in [3.05, 3.63) is 144 Å². The normalized spacial score (nSPS) is 28.6. The second-order valence-electron chi connectivity index (χ2n) is 11.3. The van der Waals surface area contributed by atoms with Crippen LogP contribution in [0.2, 0.25) is 0 Å². The molecule has 192 valence electrons. The quantitative estimate of drug-likeness (QED) is 0.330. The Kier molecular flexibility index (Phi) is 6.32. The molecule has 0 saturated carbocycles. The highest BCUT2D eigenvalue weighted by Gasteiger charge is 2.40. The average Bonchev–Trinajstić information content (AvgIpc) is 3.02. The minimum absolute atomic E-state index is 0.228. The van der Waals surface area contributed by atoms with Crippen LogP contribution in [-0.4, -0.2) is 9.97 Å². The summed E-state index contributed by atoms with van der Waals surface area (Å²) in [6.07, 6.45) is 28.2. The van der Waals surface area contributed by atoms with Gasteiger partial charge in [-0.3, -0.25) is 0 Å². The van der Waals surface area contributed by atoms with Crippen LogP contribution in [0.1, 0.15) is 30.1 Å². The number of allylic oxidation sites excluding steroid dienone is 12. The zero-order valence-electron chi connectivity index (χ0n) is 22.4. The smallest absolute Gasteiger partial charge is 0.136 e. The summed E-state index contributed by atoms with van der Waals surface area (Å²) in [7, 11) is 0. The predicted octanol–water partition coefficient (Wildman–Crippen LogP) is 8.83. The first-order valence-corrected chi connectivity index (χ1v) is 14.4. The summed E-state index contributed by atoms with van der Waals surface area (Å²) in [5, 5.41) is 0. The second-order valence-corrected chi connectivity index (χ2v) is 11.3. The van der Waals surface area contributed by atoms with Crippen molar-refractivity contribution in [2.75, 3.05) is 0 Å². The summed E-state index contributed by atoms with van der Waals surface area (Å²) >= 11 is 0. The lowest BCUT2D eigenvalue weighted by molar-refractivity contribution is 0.242. The van der Waals surface area contributed by atoms with Crippen LogP contribution in [0.3, 0.4) is 0 Å². The van der Waals surface area contributed by atoms with Crippen molar-refractivity contribution in [1.29, 1.82) is 0 Å². The van der Waals surface area contributed by atoms with Crippen molar-refractivity contribution in [1.82, 2.24) is 9.97 Å². The van der Waals surface area contributed by atoms with Gasteiger partial charge in [0.15, 0.2) is 0 Å². The van der Waals surface area contributed by atoms with E-state index in [1.165, 1.54) is 5.57 Å². The minimum atomic E-state index is 0.228. The minimum Gasteiger partial charge on any atom is -0.232 e. The maximum Gasteiger partial charge on any atom is 0.136 e. The van der Waals surface area contributed by atoms with Gasteiger partial charge in [0.1, 0.15) is 5.82 Å². The van der Waals surface area contributed by atoms with Crippen molar-refractivity contribution in [2.45, 2.75) is 25.7 Å². The Morgan fingerprint density at radius 2 is 1.26 bits per heavy atom. The first-order chi connectivity index (χ1) is 19.3. The highest BCUT2D eigenvalue weighted by molar-refractivity contribution is 5.73. The van der Waals surface area contributed by atoms with Crippen LogP contribution in [-0.2, 0) is 0 Å². The van der Waals surface area contributed by atoms with E-state index in [0.29, 0.717) is 29.6 Å². The van der Waals surface area contributed by atoms with Gasteiger partial charge in [0.05, 0.1) is 11.4 Å². The number of rotatable bonds is 4. The molecular formula is C37H34N2. The van der Waals surface area contributed by atoms with Gasteiger partial charge in [-0.25, -0.2) is 9.97 Å². The van der Waals surface area contributed by atoms with Gasteiger partial charge >= 0.3 is 0 Å². The molecule has 1 heterocycles. The molecule has 7 rings (SSSR count). The molecule has 0 aliphatic heterocycles. The Balaban J connectivity index is 1.23. The molecule has 0 N–H and O–H groups in total. The Morgan fingerprint density at radius 1 is 0.615 bits per heavy atom. The number of aromatic nitrogens is 2. The molecule has 3 aromatic rings. The summed E-state index contributed by atoms with van der Waals surface area (Å²) in [4.78, 5) is 10.4. The molecule has 0 fully saturated rings. The maximum absolute atomic E-state index is 5.20. The van der Waals surface area contributed by atoms with Gasteiger partial charge in [0.2, 0.25) is 0 Å². The monoisotopic (exact) mass is 506 g/mol. The molecule has 6 atom stereocenters. The topological polar surface area (TPSA) is 25.8 Å². The van der Waals surface area contributed by atoms with Crippen LogP contribution in [0.15, 0.2) is 133 Å². The lowest BCUT2D eigenvalue weighted by atomic mass is 9.61. The lowest BCUT2D eigenvalue weighted by Crippen LogP contribution is -2.36.